The first-order chi connectivity index (χ1) is 5.70. The fourth-order valence-electron chi connectivity index (χ4n) is 1.08. The Hall–Kier alpha value is -0.560. The fourth-order valence-corrected chi connectivity index (χ4v) is 1.08. The Morgan fingerprint density at radius 3 is 2.50 bits per heavy atom. The Balaban J connectivity index is 3.84. The second kappa shape index (κ2) is 7.11. The smallest absolute Gasteiger partial charge is 0.00425 e. The van der Waals surface area contributed by atoms with Crippen LogP contribution in [0.3, 0.4) is 0 Å². The minimum absolute atomic E-state index is 0.735. The van der Waals surface area contributed by atoms with E-state index < -0.39 is 0 Å². The van der Waals surface area contributed by atoms with Crippen LogP contribution in [0.1, 0.15) is 33.6 Å². The molecule has 0 saturated heterocycles. The van der Waals surface area contributed by atoms with Crippen molar-refractivity contribution in [2.24, 2.45) is 11.7 Å². The molecular formula is C11H21N. The molecule has 0 aromatic rings. The Kier molecular flexibility index (Phi) is 6.78. The van der Waals surface area contributed by atoms with E-state index in [2.05, 4.69) is 39.0 Å². The highest BCUT2D eigenvalue weighted by atomic mass is 14.5. The average Bonchev–Trinajstić information content (AvgIpc) is 2.02. The lowest BCUT2D eigenvalue weighted by Gasteiger charge is -2.04. The summed E-state index contributed by atoms with van der Waals surface area (Å²) in [6.45, 7) is 7.31. The van der Waals surface area contributed by atoms with Crippen LogP contribution in [0.2, 0.25) is 0 Å². The van der Waals surface area contributed by atoms with Gasteiger partial charge in [0.2, 0.25) is 0 Å². The lowest BCUT2D eigenvalue weighted by atomic mass is 10.0. The van der Waals surface area contributed by atoms with Gasteiger partial charge in [-0.1, -0.05) is 37.6 Å². The van der Waals surface area contributed by atoms with Gasteiger partial charge in [0.15, 0.2) is 0 Å². The lowest BCUT2D eigenvalue weighted by molar-refractivity contribution is 0.649. The molecule has 1 heteroatoms. The molecule has 0 aliphatic rings. The zero-order valence-corrected chi connectivity index (χ0v) is 8.51. The van der Waals surface area contributed by atoms with Crippen molar-refractivity contribution in [3.8, 4) is 0 Å². The molecule has 0 aromatic heterocycles. The van der Waals surface area contributed by atoms with E-state index in [1.807, 2.05) is 0 Å². The van der Waals surface area contributed by atoms with E-state index in [0.29, 0.717) is 0 Å². The molecule has 0 bridgehead atoms. The van der Waals surface area contributed by atoms with Gasteiger partial charge in [-0.2, -0.15) is 0 Å². The van der Waals surface area contributed by atoms with E-state index in [1.165, 1.54) is 5.57 Å². The summed E-state index contributed by atoms with van der Waals surface area (Å²) < 4.78 is 0. The number of hydrogen-bond donors (Lipinski definition) is 1. The Labute approximate surface area is 76.3 Å². The molecule has 1 nitrogen and oxygen atoms in total. The van der Waals surface area contributed by atoms with Crippen molar-refractivity contribution in [1.82, 2.24) is 0 Å². The van der Waals surface area contributed by atoms with Crippen molar-refractivity contribution >= 4 is 0 Å². The number of hydrogen-bond acceptors (Lipinski definition) is 1. The molecule has 0 aromatic carbocycles. The molecule has 2 N–H and O–H groups in total. The minimum atomic E-state index is 0.735. The molecular weight excluding hydrogens is 146 g/mol. The topological polar surface area (TPSA) is 26.0 Å². The van der Waals surface area contributed by atoms with Gasteiger partial charge in [-0.05, 0) is 32.2 Å². The van der Waals surface area contributed by atoms with Crippen LogP contribution in [0.25, 0.3) is 0 Å². The van der Waals surface area contributed by atoms with Gasteiger partial charge in [0.1, 0.15) is 0 Å². The van der Waals surface area contributed by atoms with Crippen LogP contribution in [-0.2, 0) is 0 Å². The Morgan fingerprint density at radius 1 is 1.42 bits per heavy atom. The summed E-state index contributed by atoms with van der Waals surface area (Å²) in [5.41, 5.74) is 6.80. The average molecular weight is 167 g/mol. The maximum Gasteiger partial charge on any atom is -0.00425 e. The first-order valence-corrected chi connectivity index (χ1v) is 4.72. The highest BCUT2D eigenvalue weighted by Crippen LogP contribution is 2.11. The number of allylic oxidation sites excluding steroid dienone is 3. The highest BCUT2D eigenvalue weighted by molar-refractivity contribution is 5.17. The monoisotopic (exact) mass is 167 g/mol. The maximum atomic E-state index is 5.39. The zero-order chi connectivity index (χ0) is 9.40. The summed E-state index contributed by atoms with van der Waals surface area (Å²) in [6.07, 6.45) is 8.66. The van der Waals surface area contributed by atoms with E-state index in [0.717, 1.165) is 25.3 Å². The van der Waals surface area contributed by atoms with Crippen molar-refractivity contribution < 1.29 is 0 Å². The van der Waals surface area contributed by atoms with E-state index in [9.17, 15) is 0 Å². The quantitative estimate of drug-likeness (QED) is 0.626. The third-order valence-electron chi connectivity index (χ3n) is 1.68. The van der Waals surface area contributed by atoms with Gasteiger partial charge >= 0.3 is 0 Å². The molecule has 0 radical (unpaired) electrons. The minimum Gasteiger partial charge on any atom is -0.330 e. The summed E-state index contributed by atoms with van der Waals surface area (Å²) in [4.78, 5) is 0. The van der Waals surface area contributed by atoms with E-state index >= 15 is 0 Å². The van der Waals surface area contributed by atoms with E-state index in [1.54, 1.807) is 0 Å². The largest absolute Gasteiger partial charge is 0.330 e. The van der Waals surface area contributed by atoms with Gasteiger partial charge in [0, 0.05) is 0 Å². The predicted octanol–water partition coefficient (Wildman–Crippen LogP) is 2.88. The number of rotatable bonds is 5. The van der Waals surface area contributed by atoms with Crippen LogP contribution >= 0.6 is 0 Å². The molecule has 0 fully saturated rings. The summed E-state index contributed by atoms with van der Waals surface area (Å²) in [7, 11) is 0. The lowest BCUT2D eigenvalue weighted by Crippen LogP contribution is -1.95. The molecule has 0 aliphatic heterocycles. The van der Waals surface area contributed by atoms with Gasteiger partial charge < -0.3 is 5.73 Å². The standard InChI is InChI=1S/C11H21N/c1-4-11(9-10(2)3)7-5-6-8-12/h4-5,7,10H,6,8-9,12H2,1-3H3/b7-5-,11-4+. The zero-order valence-electron chi connectivity index (χ0n) is 8.51. The molecule has 0 rings (SSSR count). The molecule has 0 amide bonds. The predicted molar refractivity (Wildman–Crippen MR) is 56.0 cm³/mol. The molecule has 0 unspecified atom stereocenters. The molecule has 0 spiro atoms. The van der Waals surface area contributed by atoms with Gasteiger partial charge in [-0.3, -0.25) is 0 Å². The molecule has 70 valence electrons. The van der Waals surface area contributed by atoms with Crippen LogP contribution in [0.5, 0.6) is 0 Å². The van der Waals surface area contributed by atoms with Gasteiger partial charge in [-0.25, -0.2) is 0 Å². The maximum absolute atomic E-state index is 5.39. The van der Waals surface area contributed by atoms with Crippen LogP contribution < -0.4 is 5.73 Å². The third-order valence-corrected chi connectivity index (χ3v) is 1.68. The normalized spacial score (nSPS) is 13.2. The van der Waals surface area contributed by atoms with Crippen molar-refractivity contribution in [1.29, 1.82) is 0 Å². The molecule has 12 heavy (non-hydrogen) atoms. The van der Waals surface area contributed by atoms with Gasteiger partial charge in [0.05, 0.1) is 0 Å². The van der Waals surface area contributed by atoms with Crippen LogP contribution in [0, 0.1) is 5.92 Å². The summed E-state index contributed by atoms with van der Waals surface area (Å²) in [5, 5.41) is 0. The Bertz CT molecular complexity index is 154. The third kappa shape index (κ3) is 6.17. The van der Waals surface area contributed by atoms with Crippen LogP contribution in [-0.4, -0.2) is 6.54 Å². The summed E-state index contributed by atoms with van der Waals surface area (Å²) in [6, 6.07) is 0. The van der Waals surface area contributed by atoms with Crippen LogP contribution in [0.15, 0.2) is 23.8 Å². The van der Waals surface area contributed by atoms with Crippen molar-refractivity contribution in [2.45, 2.75) is 33.6 Å². The molecule has 0 atom stereocenters. The Morgan fingerprint density at radius 2 is 2.08 bits per heavy atom. The molecule has 0 aliphatic carbocycles. The molecule has 0 saturated carbocycles. The molecule has 0 heterocycles. The van der Waals surface area contributed by atoms with Crippen molar-refractivity contribution in [2.75, 3.05) is 6.54 Å². The van der Waals surface area contributed by atoms with Crippen molar-refractivity contribution in [3.63, 3.8) is 0 Å². The van der Waals surface area contributed by atoms with Crippen molar-refractivity contribution in [3.05, 3.63) is 23.8 Å². The van der Waals surface area contributed by atoms with E-state index in [-0.39, 0.29) is 0 Å². The van der Waals surface area contributed by atoms with Gasteiger partial charge in [0.25, 0.3) is 0 Å². The first-order valence-electron chi connectivity index (χ1n) is 4.72. The summed E-state index contributed by atoms with van der Waals surface area (Å²) in [5.74, 6) is 0.735. The first kappa shape index (κ1) is 11.4. The number of nitrogens with two attached hydrogens (primary N) is 1. The second-order valence-electron chi connectivity index (χ2n) is 3.44. The van der Waals surface area contributed by atoms with Crippen LogP contribution in [0.4, 0.5) is 0 Å². The highest BCUT2D eigenvalue weighted by Gasteiger charge is 1.95. The second-order valence-corrected chi connectivity index (χ2v) is 3.44. The van der Waals surface area contributed by atoms with Gasteiger partial charge in [-0.15, -0.1) is 0 Å². The summed E-state index contributed by atoms with van der Waals surface area (Å²) >= 11 is 0. The SMILES string of the molecule is C/C=C(\C=C/CCN)CC(C)C. The fraction of sp³-hybridized carbons (Fsp3) is 0.636. The van der Waals surface area contributed by atoms with E-state index in [4.69, 9.17) is 5.73 Å².